The Kier molecular flexibility index (Phi) is 6.14. The van der Waals surface area contributed by atoms with E-state index in [1.807, 2.05) is 5.32 Å². The van der Waals surface area contributed by atoms with Gasteiger partial charge in [0.1, 0.15) is 12.1 Å². The third-order valence-electron chi connectivity index (χ3n) is 5.15. The van der Waals surface area contributed by atoms with Crippen molar-refractivity contribution in [3.63, 3.8) is 0 Å². The van der Waals surface area contributed by atoms with Gasteiger partial charge in [-0.2, -0.15) is 26.3 Å². The Hall–Kier alpha value is -3.57. The van der Waals surface area contributed by atoms with Crippen molar-refractivity contribution in [2.24, 2.45) is 0 Å². The van der Waals surface area contributed by atoms with E-state index in [4.69, 9.17) is 0 Å². The third kappa shape index (κ3) is 4.78. The van der Waals surface area contributed by atoms with Gasteiger partial charge in [0.15, 0.2) is 0 Å². The van der Waals surface area contributed by atoms with Crippen LogP contribution in [0.5, 0.6) is 0 Å². The number of carbonyl (C=O) groups is 3. The van der Waals surface area contributed by atoms with Crippen molar-refractivity contribution in [2.45, 2.75) is 31.2 Å². The van der Waals surface area contributed by atoms with Crippen LogP contribution in [0.15, 0.2) is 48.5 Å². The number of halogens is 6. The van der Waals surface area contributed by atoms with Gasteiger partial charge in [-0.25, -0.2) is 4.79 Å². The number of carbonyl (C=O) groups excluding carboxylic acids is 3. The number of benzene rings is 2. The van der Waals surface area contributed by atoms with Gasteiger partial charge >= 0.3 is 18.4 Å². The van der Waals surface area contributed by atoms with Crippen molar-refractivity contribution in [3.05, 3.63) is 65.2 Å². The van der Waals surface area contributed by atoms with Gasteiger partial charge in [-0.3, -0.25) is 14.5 Å². The zero-order chi connectivity index (χ0) is 24.6. The molecule has 1 fully saturated rings. The zero-order valence-corrected chi connectivity index (χ0v) is 17.0. The summed E-state index contributed by atoms with van der Waals surface area (Å²) in [6, 6.07) is 7.87. The molecule has 2 aromatic carbocycles. The lowest BCUT2D eigenvalue weighted by molar-refractivity contribution is -0.143. The highest BCUT2D eigenvalue weighted by atomic mass is 19.4. The molecule has 6 nitrogen and oxygen atoms in total. The first-order chi connectivity index (χ1) is 15.3. The first-order valence-corrected chi connectivity index (χ1v) is 9.57. The molecule has 1 unspecified atom stereocenters. The Bertz CT molecular complexity index is 1050. The van der Waals surface area contributed by atoms with Gasteiger partial charge in [-0.1, -0.05) is 37.3 Å². The van der Waals surface area contributed by atoms with Crippen LogP contribution in [0, 0.1) is 0 Å². The number of hydrogen-bond acceptors (Lipinski definition) is 3. The highest BCUT2D eigenvalue weighted by Gasteiger charge is 2.51. The highest BCUT2D eigenvalue weighted by molar-refractivity contribution is 6.10. The number of nitrogens with zero attached hydrogens (tertiary/aromatic N) is 1. The van der Waals surface area contributed by atoms with Crippen LogP contribution in [0.4, 0.5) is 36.8 Å². The van der Waals surface area contributed by atoms with Gasteiger partial charge in [0.2, 0.25) is 5.91 Å². The number of nitrogens with one attached hydrogen (secondary N) is 2. The Morgan fingerprint density at radius 1 is 0.970 bits per heavy atom. The molecule has 0 aliphatic carbocycles. The van der Waals surface area contributed by atoms with Crippen LogP contribution in [0.1, 0.15) is 30.0 Å². The highest BCUT2D eigenvalue weighted by Crippen LogP contribution is 2.38. The summed E-state index contributed by atoms with van der Waals surface area (Å²) in [5.41, 5.74) is -4.99. The van der Waals surface area contributed by atoms with Gasteiger partial charge in [-0.15, -0.1) is 0 Å². The van der Waals surface area contributed by atoms with Gasteiger partial charge < -0.3 is 10.6 Å². The number of alkyl halides is 6. The van der Waals surface area contributed by atoms with Crippen LogP contribution < -0.4 is 10.6 Å². The maximum Gasteiger partial charge on any atom is 0.416 e. The second-order valence-corrected chi connectivity index (χ2v) is 7.29. The van der Waals surface area contributed by atoms with E-state index in [1.54, 1.807) is 37.3 Å². The molecule has 0 bridgehead atoms. The van der Waals surface area contributed by atoms with E-state index in [-0.39, 0.29) is 12.5 Å². The van der Waals surface area contributed by atoms with E-state index >= 15 is 0 Å². The minimum atomic E-state index is -5.10. The van der Waals surface area contributed by atoms with Crippen molar-refractivity contribution < 1.29 is 40.7 Å². The lowest BCUT2D eigenvalue weighted by atomic mass is 9.87. The van der Waals surface area contributed by atoms with E-state index in [0.717, 1.165) is 0 Å². The molecular formula is C21H17F6N3O3. The fourth-order valence-electron chi connectivity index (χ4n) is 3.50. The number of imide groups is 1. The molecule has 0 spiro atoms. The second-order valence-electron chi connectivity index (χ2n) is 7.29. The lowest BCUT2D eigenvalue weighted by Gasteiger charge is -2.25. The molecule has 4 amide bonds. The summed E-state index contributed by atoms with van der Waals surface area (Å²) < 4.78 is 78.0. The van der Waals surface area contributed by atoms with Crippen LogP contribution >= 0.6 is 0 Å². The first-order valence-electron chi connectivity index (χ1n) is 9.57. The third-order valence-corrected chi connectivity index (χ3v) is 5.15. The van der Waals surface area contributed by atoms with E-state index in [9.17, 15) is 40.7 Å². The van der Waals surface area contributed by atoms with Gasteiger partial charge in [0.25, 0.3) is 5.91 Å². The number of hydrogen-bond donors (Lipinski definition) is 2. The number of anilines is 1. The summed E-state index contributed by atoms with van der Waals surface area (Å²) in [5.74, 6) is -1.91. The van der Waals surface area contributed by atoms with Crippen LogP contribution in [0.2, 0.25) is 0 Å². The molecule has 1 aliphatic heterocycles. The fourth-order valence-corrected chi connectivity index (χ4v) is 3.50. The molecule has 33 heavy (non-hydrogen) atoms. The smallest absolute Gasteiger partial charge is 0.325 e. The fraction of sp³-hybridized carbons (Fsp3) is 0.286. The molecule has 2 N–H and O–H groups in total. The lowest BCUT2D eigenvalue weighted by Crippen LogP contribution is -2.44. The molecule has 12 heteroatoms. The van der Waals surface area contributed by atoms with Crippen molar-refractivity contribution in [3.8, 4) is 0 Å². The molecule has 2 aromatic rings. The second kappa shape index (κ2) is 8.41. The molecule has 0 aromatic heterocycles. The topological polar surface area (TPSA) is 78.5 Å². The Labute approximate surface area is 183 Å². The van der Waals surface area contributed by atoms with Gasteiger partial charge in [0.05, 0.1) is 11.1 Å². The standard InChI is InChI=1S/C21H17F6N3O3/c1-2-19(12-6-4-3-5-7-12)17(32)30(18(33)29-19)11-16(31)28-15-9-13(20(22,23)24)8-14(10-15)21(25,26)27/h3-10H,2,11H2,1H3,(H,28,31)(H,29,33). The summed E-state index contributed by atoms with van der Waals surface area (Å²) in [4.78, 5) is 38.3. The van der Waals surface area contributed by atoms with Crippen molar-refractivity contribution in [1.29, 1.82) is 0 Å². The molecule has 0 radical (unpaired) electrons. The molecule has 1 saturated heterocycles. The number of urea groups is 1. The molecule has 3 rings (SSSR count). The monoisotopic (exact) mass is 473 g/mol. The normalized spacial score (nSPS) is 18.9. The summed E-state index contributed by atoms with van der Waals surface area (Å²) in [6.45, 7) is 0.729. The Morgan fingerprint density at radius 3 is 2.00 bits per heavy atom. The van der Waals surface area contributed by atoms with E-state index in [0.29, 0.717) is 22.6 Å². The maximum atomic E-state index is 13.0. The SMILES string of the molecule is CCC1(c2ccccc2)NC(=O)N(CC(=O)Nc2cc(C(F)(F)F)cc(C(F)(F)F)c2)C1=O. The van der Waals surface area contributed by atoms with E-state index < -0.39 is 59.1 Å². The predicted octanol–water partition coefficient (Wildman–Crippen LogP) is 4.52. The van der Waals surface area contributed by atoms with Gasteiger partial charge in [-0.05, 0) is 30.2 Å². The summed E-state index contributed by atoms with van der Waals surface area (Å²) in [6.07, 6.45) is -10.0. The van der Waals surface area contributed by atoms with Crippen LogP contribution in [0.3, 0.4) is 0 Å². The van der Waals surface area contributed by atoms with Crippen molar-refractivity contribution in [2.75, 3.05) is 11.9 Å². The molecule has 1 atom stereocenters. The Morgan fingerprint density at radius 2 is 1.52 bits per heavy atom. The number of rotatable bonds is 5. The summed E-state index contributed by atoms with van der Waals surface area (Å²) >= 11 is 0. The molecule has 0 saturated carbocycles. The van der Waals surface area contributed by atoms with Crippen molar-refractivity contribution in [1.82, 2.24) is 10.2 Å². The first kappa shape index (κ1) is 24.1. The van der Waals surface area contributed by atoms with Crippen LogP contribution in [-0.2, 0) is 27.5 Å². The minimum absolute atomic E-state index is 0.0808. The average Bonchev–Trinajstić information content (AvgIpc) is 2.98. The van der Waals surface area contributed by atoms with Crippen LogP contribution in [0.25, 0.3) is 0 Å². The average molecular weight is 473 g/mol. The Balaban J connectivity index is 1.84. The zero-order valence-electron chi connectivity index (χ0n) is 17.0. The van der Waals surface area contributed by atoms with E-state index in [2.05, 4.69) is 5.32 Å². The minimum Gasteiger partial charge on any atom is -0.325 e. The summed E-state index contributed by atoms with van der Waals surface area (Å²) in [7, 11) is 0. The summed E-state index contributed by atoms with van der Waals surface area (Å²) in [5, 5.41) is 4.43. The maximum absolute atomic E-state index is 13.0. The van der Waals surface area contributed by atoms with Gasteiger partial charge in [0, 0.05) is 5.69 Å². The predicted molar refractivity (Wildman–Crippen MR) is 104 cm³/mol. The number of amides is 4. The largest absolute Gasteiger partial charge is 0.416 e. The quantitative estimate of drug-likeness (QED) is 0.495. The molecule has 176 valence electrons. The van der Waals surface area contributed by atoms with Crippen molar-refractivity contribution >= 4 is 23.5 Å². The van der Waals surface area contributed by atoms with E-state index in [1.165, 1.54) is 0 Å². The molecular weight excluding hydrogens is 456 g/mol. The molecule has 1 aliphatic rings. The van der Waals surface area contributed by atoms with Crippen LogP contribution in [-0.4, -0.2) is 29.3 Å². The molecule has 1 heterocycles.